The third-order valence-electron chi connectivity index (χ3n) is 2.92. The summed E-state index contributed by atoms with van der Waals surface area (Å²) in [6.07, 6.45) is -4.50. The zero-order valence-corrected chi connectivity index (χ0v) is 12.0. The SMILES string of the molecule is CNC(=O)C(C)CN(C)c1cc(C(F)(F)F)cc(NN)n1. The number of nitrogens with one attached hydrogen (secondary N) is 2. The monoisotopic (exact) mass is 305 g/mol. The Morgan fingerprint density at radius 2 is 2.10 bits per heavy atom. The molecule has 0 radical (unpaired) electrons. The zero-order chi connectivity index (χ0) is 16.2. The quantitative estimate of drug-likeness (QED) is 0.562. The van der Waals surface area contributed by atoms with Crippen molar-refractivity contribution in [1.82, 2.24) is 10.3 Å². The largest absolute Gasteiger partial charge is 0.416 e. The van der Waals surface area contributed by atoms with Crippen LogP contribution in [-0.2, 0) is 11.0 Å². The molecule has 1 unspecified atom stereocenters. The minimum absolute atomic E-state index is 0.0773. The van der Waals surface area contributed by atoms with E-state index in [0.29, 0.717) is 0 Å². The van der Waals surface area contributed by atoms with E-state index in [1.54, 1.807) is 14.0 Å². The van der Waals surface area contributed by atoms with Gasteiger partial charge in [-0.05, 0) is 12.1 Å². The van der Waals surface area contributed by atoms with E-state index in [9.17, 15) is 18.0 Å². The summed E-state index contributed by atoms with van der Waals surface area (Å²) in [5, 5.41) is 2.48. The molecular formula is C12H18F3N5O. The molecule has 0 aliphatic rings. The van der Waals surface area contributed by atoms with Crippen molar-refractivity contribution in [2.75, 3.05) is 31.0 Å². The van der Waals surface area contributed by atoms with E-state index >= 15 is 0 Å². The number of halogens is 3. The maximum absolute atomic E-state index is 12.8. The predicted molar refractivity (Wildman–Crippen MR) is 73.5 cm³/mol. The van der Waals surface area contributed by atoms with Crippen molar-refractivity contribution in [2.24, 2.45) is 11.8 Å². The number of nitrogens with zero attached hydrogens (tertiary/aromatic N) is 2. The lowest BCUT2D eigenvalue weighted by Gasteiger charge is -2.23. The third-order valence-corrected chi connectivity index (χ3v) is 2.92. The van der Waals surface area contributed by atoms with Gasteiger partial charge in [0.15, 0.2) is 0 Å². The first-order valence-electron chi connectivity index (χ1n) is 6.17. The van der Waals surface area contributed by atoms with Gasteiger partial charge in [0.2, 0.25) is 5.91 Å². The van der Waals surface area contributed by atoms with Crippen LogP contribution in [0.25, 0.3) is 0 Å². The highest BCUT2D eigenvalue weighted by Gasteiger charge is 2.32. The van der Waals surface area contributed by atoms with Crippen LogP contribution in [-0.4, -0.2) is 31.5 Å². The van der Waals surface area contributed by atoms with Crippen LogP contribution in [0.3, 0.4) is 0 Å². The summed E-state index contributed by atoms with van der Waals surface area (Å²) >= 11 is 0. The summed E-state index contributed by atoms with van der Waals surface area (Å²) in [6.45, 7) is 1.89. The van der Waals surface area contributed by atoms with Gasteiger partial charge in [-0.25, -0.2) is 10.8 Å². The Labute approximate surface area is 120 Å². The summed E-state index contributed by atoms with van der Waals surface area (Å²) in [5.41, 5.74) is 1.24. The highest BCUT2D eigenvalue weighted by atomic mass is 19.4. The standard InChI is InChI=1S/C12H18F3N5O/c1-7(11(21)17-2)6-20(3)10-5-8(12(13,14)15)4-9(18-10)19-16/h4-5,7H,6,16H2,1-3H3,(H,17,21)(H,18,19). The van der Waals surface area contributed by atoms with E-state index in [1.165, 1.54) is 11.9 Å². The third kappa shape index (κ3) is 4.48. The molecule has 0 spiro atoms. The van der Waals surface area contributed by atoms with Gasteiger partial charge >= 0.3 is 6.18 Å². The van der Waals surface area contributed by atoms with Gasteiger partial charge in [-0.15, -0.1) is 0 Å². The van der Waals surface area contributed by atoms with Crippen molar-refractivity contribution in [2.45, 2.75) is 13.1 Å². The van der Waals surface area contributed by atoms with Crippen molar-refractivity contribution in [3.05, 3.63) is 17.7 Å². The number of nitrogens with two attached hydrogens (primary N) is 1. The molecular weight excluding hydrogens is 287 g/mol. The Morgan fingerprint density at radius 3 is 2.57 bits per heavy atom. The van der Waals surface area contributed by atoms with Crippen LogP contribution in [0.4, 0.5) is 24.8 Å². The summed E-state index contributed by atoms with van der Waals surface area (Å²) in [5.74, 6) is 4.52. The lowest BCUT2D eigenvalue weighted by molar-refractivity contribution is -0.137. The molecule has 0 bridgehead atoms. The molecule has 6 nitrogen and oxygen atoms in total. The second-order valence-corrected chi connectivity index (χ2v) is 4.64. The normalized spacial score (nSPS) is 12.7. The molecule has 21 heavy (non-hydrogen) atoms. The molecule has 0 saturated carbocycles. The number of hydrogen-bond donors (Lipinski definition) is 3. The fraction of sp³-hybridized carbons (Fsp3) is 0.500. The minimum atomic E-state index is -4.50. The molecule has 1 aromatic heterocycles. The molecule has 1 amide bonds. The van der Waals surface area contributed by atoms with Gasteiger partial charge in [-0.3, -0.25) is 4.79 Å². The number of hydrogen-bond acceptors (Lipinski definition) is 5. The maximum atomic E-state index is 12.8. The average molecular weight is 305 g/mol. The molecule has 0 aromatic carbocycles. The Bertz CT molecular complexity index is 506. The van der Waals surface area contributed by atoms with Gasteiger partial charge in [-0.2, -0.15) is 13.2 Å². The first-order chi connectivity index (χ1) is 9.68. The lowest BCUT2D eigenvalue weighted by Crippen LogP contribution is -2.34. The molecule has 1 rings (SSSR count). The summed E-state index contributed by atoms with van der Waals surface area (Å²) in [6, 6.07) is 1.73. The van der Waals surface area contributed by atoms with E-state index in [4.69, 9.17) is 5.84 Å². The van der Waals surface area contributed by atoms with Crippen molar-refractivity contribution in [1.29, 1.82) is 0 Å². The van der Waals surface area contributed by atoms with Crippen LogP contribution in [0.5, 0.6) is 0 Å². The van der Waals surface area contributed by atoms with Crippen LogP contribution < -0.4 is 21.5 Å². The molecule has 4 N–H and O–H groups in total. The van der Waals surface area contributed by atoms with Crippen molar-refractivity contribution in [3.8, 4) is 0 Å². The van der Waals surface area contributed by atoms with E-state index in [1.807, 2.05) is 0 Å². The maximum Gasteiger partial charge on any atom is 0.416 e. The number of amides is 1. The number of alkyl halides is 3. The first-order valence-corrected chi connectivity index (χ1v) is 6.17. The number of pyridine rings is 1. The van der Waals surface area contributed by atoms with Gasteiger partial charge < -0.3 is 15.6 Å². The number of hydrazine groups is 1. The van der Waals surface area contributed by atoms with Gasteiger partial charge in [0.1, 0.15) is 11.6 Å². The van der Waals surface area contributed by atoms with Gasteiger partial charge in [-0.1, -0.05) is 6.92 Å². The van der Waals surface area contributed by atoms with Crippen molar-refractivity contribution >= 4 is 17.5 Å². The predicted octanol–water partition coefficient (Wildman–Crippen LogP) is 1.20. The smallest absolute Gasteiger partial charge is 0.359 e. The summed E-state index contributed by atoms with van der Waals surface area (Å²) < 4.78 is 38.4. The Kier molecular flexibility index (Phi) is 5.36. The fourth-order valence-electron chi connectivity index (χ4n) is 1.78. The molecule has 1 heterocycles. The van der Waals surface area contributed by atoms with E-state index < -0.39 is 17.7 Å². The number of rotatable bonds is 5. The molecule has 118 valence electrons. The number of nitrogen functional groups attached to an aromatic ring is 1. The number of carbonyl (C=O) groups excluding carboxylic acids is 1. The number of anilines is 2. The summed E-state index contributed by atoms with van der Waals surface area (Å²) in [7, 11) is 3.06. The highest BCUT2D eigenvalue weighted by Crippen LogP contribution is 2.32. The van der Waals surface area contributed by atoms with Crippen LogP contribution in [0, 0.1) is 5.92 Å². The van der Waals surface area contributed by atoms with Gasteiger partial charge in [0.25, 0.3) is 0 Å². The second kappa shape index (κ2) is 6.61. The molecule has 0 aliphatic carbocycles. The number of aromatic nitrogens is 1. The zero-order valence-electron chi connectivity index (χ0n) is 12.0. The van der Waals surface area contributed by atoms with Crippen LogP contribution in [0.15, 0.2) is 12.1 Å². The molecule has 1 atom stereocenters. The number of carbonyl (C=O) groups is 1. The van der Waals surface area contributed by atoms with Crippen molar-refractivity contribution < 1.29 is 18.0 Å². The average Bonchev–Trinajstić information content (AvgIpc) is 2.44. The van der Waals surface area contributed by atoms with Crippen LogP contribution >= 0.6 is 0 Å². The van der Waals surface area contributed by atoms with E-state index in [2.05, 4.69) is 15.7 Å². The van der Waals surface area contributed by atoms with Gasteiger partial charge in [0.05, 0.1) is 11.5 Å². The molecule has 9 heteroatoms. The minimum Gasteiger partial charge on any atom is -0.359 e. The topological polar surface area (TPSA) is 83.3 Å². The lowest BCUT2D eigenvalue weighted by atomic mass is 10.1. The Balaban J connectivity index is 3.03. The highest BCUT2D eigenvalue weighted by molar-refractivity contribution is 5.78. The summed E-state index contributed by atoms with van der Waals surface area (Å²) in [4.78, 5) is 16.9. The Hall–Kier alpha value is -2.03. The van der Waals surface area contributed by atoms with Crippen LogP contribution in [0.2, 0.25) is 0 Å². The van der Waals surface area contributed by atoms with Crippen LogP contribution in [0.1, 0.15) is 12.5 Å². The second-order valence-electron chi connectivity index (χ2n) is 4.64. The molecule has 0 fully saturated rings. The van der Waals surface area contributed by atoms with E-state index in [0.717, 1.165) is 12.1 Å². The molecule has 0 aliphatic heterocycles. The molecule has 0 saturated heterocycles. The van der Waals surface area contributed by atoms with Gasteiger partial charge in [0, 0.05) is 20.6 Å². The fourth-order valence-corrected chi connectivity index (χ4v) is 1.78. The van der Waals surface area contributed by atoms with Crippen molar-refractivity contribution in [3.63, 3.8) is 0 Å². The Morgan fingerprint density at radius 1 is 1.48 bits per heavy atom. The van der Waals surface area contributed by atoms with E-state index in [-0.39, 0.29) is 24.1 Å². The first kappa shape index (κ1) is 17.0. The molecule has 1 aromatic rings.